The van der Waals surface area contributed by atoms with E-state index in [1.807, 2.05) is 0 Å². The lowest BCUT2D eigenvalue weighted by molar-refractivity contribution is 0.767. The van der Waals surface area contributed by atoms with Gasteiger partial charge in [-0.25, -0.2) is 0 Å². The van der Waals surface area contributed by atoms with Gasteiger partial charge >= 0.3 is 0 Å². The molecule has 0 N–H and O–H groups in total. The normalized spacial score (nSPS) is 13.2. The lowest BCUT2D eigenvalue weighted by Crippen LogP contribution is -2.28. The Morgan fingerprint density at radius 2 is 1.06 bits per heavy atom. The van der Waals surface area contributed by atoms with Crippen LogP contribution in [-0.4, -0.2) is 4.57 Å². The van der Waals surface area contributed by atoms with Gasteiger partial charge in [0.15, 0.2) is 0 Å². The average molecular weight is 602 g/mol. The predicted molar refractivity (Wildman–Crippen MR) is 198 cm³/mol. The van der Waals surface area contributed by atoms with Crippen molar-refractivity contribution in [2.75, 3.05) is 0 Å². The van der Waals surface area contributed by atoms with Crippen LogP contribution in [0.25, 0.3) is 49.7 Å². The number of aromatic nitrogens is 1. The minimum Gasteiger partial charge on any atom is -0.309 e. The van der Waals surface area contributed by atoms with Crippen molar-refractivity contribution < 1.29 is 0 Å². The van der Waals surface area contributed by atoms with Crippen LogP contribution in [0.15, 0.2) is 158 Å². The minimum atomic E-state index is -0.429. The third kappa shape index (κ3) is 4.03. The Kier molecular flexibility index (Phi) is 6.14. The first-order valence-electron chi connectivity index (χ1n) is 16.5. The number of nitrogens with zero attached hydrogens (tertiary/aromatic N) is 1. The van der Waals surface area contributed by atoms with Crippen LogP contribution >= 0.6 is 0 Å². The molecule has 9 rings (SSSR count). The quantitative estimate of drug-likeness (QED) is 0.189. The molecule has 1 heterocycles. The van der Waals surface area contributed by atoms with Crippen LogP contribution < -0.4 is 0 Å². The molecule has 0 radical (unpaired) electrons. The Balaban J connectivity index is 1.32. The number of aryl methyl sites for hydroxylation is 3. The van der Waals surface area contributed by atoms with E-state index in [2.05, 4.69) is 183 Å². The van der Waals surface area contributed by atoms with E-state index >= 15 is 0 Å². The summed E-state index contributed by atoms with van der Waals surface area (Å²) in [5.74, 6) is 0. The zero-order valence-electron chi connectivity index (χ0n) is 27.0. The average Bonchev–Trinajstić information content (AvgIpc) is 3.60. The van der Waals surface area contributed by atoms with Crippen LogP contribution in [0.2, 0.25) is 0 Å². The second-order valence-electron chi connectivity index (χ2n) is 13.2. The summed E-state index contributed by atoms with van der Waals surface area (Å²) in [6.45, 7) is 6.60. The predicted octanol–water partition coefficient (Wildman–Crippen LogP) is 11.7. The molecule has 0 spiro atoms. The van der Waals surface area contributed by atoms with Gasteiger partial charge in [0.05, 0.1) is 16.4 Å². The number of para-hydroxylation sites is 2. The monoisotopic (exact) mass is 601 g/mol. The molecule has 0 saturated heterocycles. The maximum Gasteiger partial charge on any atom is 0.0713 e. The number of benzene rings is 7. The first-order valence-corrected chi connectivity index (χ1v) is 16.5. The maximum atomic E-state index is 2.48. The summed E-state index contributed by atoms with van der Waals surface area (Å²) in [6, 6.07) is 58.9. The summed E-state index contributed by atoms with van der Waals surface area (Å²) in [7, 11) is 0. The molecule has 0 saturated carbocycles. The van der Waals surface area contributed by atoms with Crippen molar-refractivity contribution in [1.29, 1.82) is 0 Å². The van der Waals surface area contributed by atoms with Gasteiger partial charge in [-0.05, 0) is 107 Å². The van der Waals surface area contributed by atoms with Gasteiger partial charge in [0, 0.05) is 16.5 Å². The van der Waals surface area contributed by atoms with Crippen LogP contribution in [0.5, 0.6) is 0 Å². The summed E-state index contributed by atoms with van der Waals surface area (Å²) < 4.78 is 2.39. The molecule has 0 amide bonds. The van der Waals surface area contributed by atoms with Crippen LogP contribution in [0.4, 0.5) is 0 Å². The topological polar surface area (TPSA) is 4.93 Å². The van der Waals surface area contributed by atoms with E-state index < -0.39 is 5.41 Å². The molecule has 0 unspecified atom stereocenters. The molecule has 1 aromatic heterocycles. The zero-order valence-corrected chi connectivity index (χ0v) is 27.0. The first kappa shape index (κ1) is 27.6. The van der Waals surface area contributed by atoms with Crippen molar-refractivity contribution in [3.63, 3.8) is 0 Å². The Morgan fingerprint density at radius 1 is 0.447 bits per heavy atom. The summed E-state index contributed by atoms with van der Waals surface area (Å²) in [5, 5.41) is 2.54. The first-order chi connectivity index (χ1) is 23.0. The smallest absolute Gasteiger partial charge is 0.0713 e. The van der Waals surface area contributed by atoms with Gasteiger partial charge in [-0.1, -0.05) is 132 Å². The molecule has 8 aromatic rings. The van der Waals surface area contributed by atoms with Gasteiger partial charge in [0.1, 0.15) is 0 Å². The van der Waals surface area contributed by atoms with Crippen LogP contribution in [0.3, 0.4) is 0 Å². The van der Waals surface area contributed by atoms with Gasteiger partial charge in [0.25, 0.3) is 0 Å². The molecule has 1 aliphatic carbocycles. The van der Waals surface area contributed by atoms with Crippen molar-refractivity contribution >= 4 is 21.8 Å². The third-order valence-corrected chi connectivity index (χ3v) is 10.4. The molecule has 1 heteroatoms. The fourth-order valence-electron chi connectivity index (χ4n) is 8.14. The molecule has 0 fully saturated rings. The van der Waals surface area contributed by atoms with Gasteiger partial charge in [0.2, 0.25) is 0 Å². The summed E-state index contributed by atoms with van der Waals surface area (Å²) in [6.07, 6.45) is 0. The highest BCUT2D eigenvalue weighted by atomic mass is 15.0. The number of fused-ring (bicyclic) bond motifs is 6. The SMILES string of the molecule is Cc1ccc(C2(c3ccc(C)cc3)c3cc(-c4ccc5c(c4)c4ccccc4n5-c4ccccc4)ccc3-c3c(C)cccc32)cc1. The van der Waals surface area contributed by atoms with Crippen LogP contribution in [0.1, 0.15) is 38.9 Å². The second-order valence-corrected chi connectivity index (χ2v) is 13.2. The number of hydrogen-bond acceptors (Lipinski definition) is 0. The fraction of sp³-hybridized carbons (Fsp3) is 0.0870. The van der Waals surface area contributed by atoms with E-state index in [0.717, 1.165) is 0 Å². The molecule has 0 aliphatic heterocycles. The fourth-order valence-corrected chi connectivity index (χ4v) is 8.14. The number of rotatable bonds is 4. The van der Waals surface area contributed by atoms with E-state index in [9.17, 15) is 0 Å². The Morgan fingerprint density at radius 3 is 1.79 bits per heavy atom. The van der Waals surface area contributed by atoms with Crippen molar-refractivity contribution in [1.82, 2.24) is 4.57 Å². The lowest BCUT2D eigenvalue weighted by atomic mass is 9.67. The molecule has 1 nitrogen and oxygen atoms in total. The summed E-state index contributed by atoms with van der Waals surface area (Å²) in [5.41, 5.74) is 17.5. The van der Waals surface area contributed by atoms with Crippen LogP contribution in [0, 0.1) is 20.8 Å². The number of hydrogen-bond donors (Lipinski definition) is 0. The van der Waals surface area contributed by atoms with Crippen molar-refractivity contribution in [3.05, 3.63) is 197 Å². The van der Waals surface area contributed by atoms with Gasteiger partial charge in [-0.2, -0.15) is 0 Å². The highest BCUT2D eigenvalue weighted by Crippen LogP contribution is 2.57. The van der Waals surface area contributed by atoms with E-state index in [-0.39, 0.29) is 0 Å². The van der Waals surface area contributed by atoms with Gasteiger partial charge in [-0.15, -0.1) is 0 Å². The molecule has 1 aliphatic rings. The van der Waals surface area contributed by atoms with Crippen molar-refractivity contribution in [3.8, 4) is 27.9 Å². The van der Waals surface area contributed by atoms with E-state index in [1.54, 1.807) is 0 Å². The minimum absolute atomic E-state index is 0.429. The third-order valence-electron chi connectivity index (χ3n) is 10.4. The van der Waals surface area contributed by atoms with Crippen molar-refractivity contribution in [2.24, 2.45) is 0 Å². The van der Waals surface area contributed by atoms with Crippen molar-refractivity contribution in [2.45, 2.75) is 26.2 Å². The molecule has 7 aromatic carbocycles. The summed E-state index contributed by atoms with van der Waals surface area (Å²) in [4.78, 5) is 0. The highest BCUT2D eigenvalue weighted by molar-refractivity contribution is 6.10. The molecule has 0 bridgehead atoms. The summed E-state index contributed by atoms with van der Waals surface area (Å²) >= 11 is 0. The standard InChI is InChI=1S/C46H35N/c1-30-16-22-35(23-17-30)46(36-24-18-31(2)19-25-36)41-14-9-10-32(3)45(41)39-26-20-34(29-42(39)46)33-21-27-44-40(28-33)38-13-7-8-15-43(38)47(44)37-11-5-4-6-12-37/h4-29H,1-3H3. The molecular weight excluding hydrogens is 567 g/mol. The van der Waals surface area contributed by atoms with E-state index in [4.69, 9.17) is 0 Å². The zero-order chi connectivity index (χ0) is 31.7. The lowest BCUT2D eigenvalue weighted by Gasteiger charge is -2.34. The van der Waals surface area contributed by atoms with Gasteiger partial charge in [-0.3, -0.25) is 0 Å². The molecular formula is C46H35N. The Bertz CT molecular complexity index is 2410. The Labute approximate surface area is 276 Å². The largest absolute Gasteiger partial charge is 0.309 e. The molecule has 0 atom stereocenters. The second kappa shape index (κ2) is 10.4. The molecule has 224 valence electrons. The van der Waals surface area contributed by atoms with Gasteiger partial charge < -0.3 is 4.57 Å². The Hall–Kier alpha value is -5.66. The van der Waals surface area contributed by atoms with Crippen LogP contribution in [-0.2, 0) is 5.41 Å². The molecule has 47 heavy (non-hydrogen) atoms. The highest BCUT2D eigenvalue weighted by Gasteiger charge is 2.46. The van der Waals surface area contributed by atoms with E-state index in [0.29, 0.717) is 0 Å². The maximum absolute atomic E-state index is 2.48. The van der Waals surface area contributed by atoms with E-state index in [1.165, 1.54) is 88.7 Å².